The van der Waals surface area contributed by atoms with E-state index in [1.54, 1.807) is 13.3 Å². The van der Waals surface area contributed by atoms with E-state index >= 15 is 0 Å². The van der Waals surface area contributed by atoms with Gasteiger partial charge in [-0.25, -0.2) is 0 Å². The highest BCUT2D eigenvalue weighted by molar-refractivity contribution is 6.62. The molecule has 0 aliphatic carbocycles. The average Bonchev–Trinajstić information content (AvgIpc) is 3.55. The first kappa shape index (κ1) is 27.7. The minimum atomic E-state index is -1.54. The molecule has 1 aliphatic rings. The molecule has 12 heteroatoms. The number of aromatic amines is 1. The first-order chi connectivity index (χ1) is 20.3. The van der Waals surface area contributed by atoms with Gasteiger partial charge in [0.15, 0.2) is 5.82 Å². The van der Waals surface area contributed by atoms with E-state index in [4.69, 9.17) is 21.3 Å². The molecule has 212 valence electrons. The fraction of sp³-hybridized carbons (Fsp3) is 0.200. The Morgan fingerprint density at radius 3 is 2.69 bits per heavy atom. The maximum atomic E-state index is 13.2. The molecule has 42 heavy (non-hydrogen) atoms. The molecule has 4 N–H and O–H groups in total. The second kappa shape index (κ2) is 11.4. The van der Waals surface area contributed by atoms with Gasteiger partial charge in [-0.3, -0.25) is 14.4 Å². The van der Waals surface area contributed by atoms with Crippen molar-refractivity contribution in [1.82, 2.24) is 25.1 Å². The molecule has 1 aliphatic heterocycles. The van der Waals surface area contributed by atoms with Gasteiger partial charge in [-0.2, -0.15) is 0 Å². The fourth-order valence-corrected chi connectivity index (χ4v) is 5.46. The Labute approximate surface area is 247 Å². The van der Waals surface area contributed by atoms with Gasteiger partial charge in [0, 0.05) is 39.9 Å². The maximum Gasteiger partial charge on any atom is 0.490 e. The molecule has 0 unspecified atom stereocenters. The lowest BCUT2D eigenvalue weighted by molar-refractivity contribution is -0.121. The van der Waals surface area contributed by atoms with E-state index in [0.717, 1.165) is 33.3 Å². The molecular formula is C30H28BClN6O4. The lowest BCUT2D eigenvalue weighted by atomic mass is 9.80. The Balaban J connectivity index is 1.26. The number of H-pyrrole nitrogens is 1. The summed E-state index contributed by atoms with van der Waals surface area (Å²) in [6, 6.07) is 18.3. The lowest BCUT2D eigenvalue weighted by Gasteiger charge is -2.14. The Morgan fingerprint density at radius 2 is 1.93 bits per heavy atom. The number of rotatable bonds is 8. The summed E-state index contributed by atoms with van der Waals surface area (Å²) in [4.78, 5) is 21.4. The van der Waals surface area contributed by atoms with Crippen molar-refractivity contribution < 1.29 is 19.6 Å². The van der Waals surface area contributed by atoms with Crippen LogP contribution in [0.15, 0.2) is 71.9 Å². The normalized spacial score (nSPS) is 14.1. The third-order valence-electron chi connectivity index (χ3n) is 7.42. The molecule has 5 aromatic rings. The molecule has 0 saturated heterocycles. The van der Waals surface area contributed by atoms with Crippen molar-refractivity contribution in [1.29, 1.82) is 0 Å². The molecular weight excluding hydrogens is 555 g/mol. The van der Waals surface area contributed by atoms with Crippen LogP contribution in [0.1, 0.15) is 40.8 Å². The van der Waals surface area contributed by atoms with Gasteiger partial charge in [-0.1, -0.05) is 35.9 Å². The number of carbonyl (C=O) groups excluding carboxylic acids is 1. The number of hydrogen-bond donors (Lipinski definition) is 4. The third-order valence-corrected chi connectivity index (χ3v) is 7.67. The molecule has 0 bridgehead atoms. The highest BCUT2D eigenvalue weighted by Gasteiger charge is 2.30. The van der Waals surface area contributed by atoms with Crippen molar-refractivity contribution >= 4 is 46.7 Å². The van der Waals surface area contributed by atoms with Gasteiger partial charge in [-0.15, -0.1) is 10.2 Å². The lowest BCUT2D eigenvalue weighted by Crippen LogP contribution is -2.28. The van der Waals surface area contributed by atoms with Crippen molar-refractivity contribution in [3.8, 4) is 11.4 Å². The second-order valence-corrected chi connectivity index (χ2v) is 10.6. The van der Waals surface area contributed by atoms with E-state index in [2.05, 4.69) is 20.5 Å². The predicted molar refractivity (Wildman–Crippen MR) is 162 cm³/mol. The number of fused-ring (bicyclic) bond motifs is 4. The van der Waals surface area contributed by atoms with E-state index in [9.17, 15) is 14.8 Å². The molecule has 3 heterocycles. The fourth-order valence-electron chi connectivity index (χ4n) is 5.34. The summed E-state index contributed by atoms with van der Waals surface area (Å²) in [6.45, 7) is 2.30. The molecule has 3 aromatic carbocycles. The number of ether oxygens (including phenoxy) is 1. The van der Waals surface area contributed by atoms with Crippen molar-refractivity contribution in [2.75, 3.05) is 13.7 Å². The van der Waals surface area contributed by atoms with E-state index in [1.807, 2.05) is 72.2 Å². The zero-order chi connectivity index (χ0) is 29.4. The number of halogens is 1. The number of nitrogens with one attached hydrogen (secondary N) is 2. The van der Waals surface area contributed by atoms with Crippen molar-refractivity contribution in [2.45, 2.75) is 25.8 Å². The molecule has 1 atom stereocenters. The summed E-state index contributed by atoms with van der Waals surface area (Å²) in [5.74, 6) is 1.78. The van der Waals surface area contributed by atoms with Crippen molar-refractivity contribution in [2.24, 2.45) is 4.99 Å². The number of methoxy groups -OCH3 is 1. The number of carbonyl (C=O) groups is 1. The molecule has 2 aromatic heterocycles. The first-order valence-electron chi connectivity index (χ1n) is 13.5. The molecule has 1 amide bonds. The quantitative estimate of drug-likeness (QED) is 0.208. The van der Waals surface area contributed by atoms with Gasteiger partial charge in [0.1, 0.15) is 17.6 Å². The van der Waals surface area contributed by atoms with Crippen LogP contribution in [-0.2, 0) is 11.2 Å². The number of aliphatic imine (C=N–C) groups is 1. The minimum absolute atomic E-state index is 0.0771. The van der Waals surface area contributed by atoms with E-state index in [0.29, 0.717) is 46.6 Å². The minimum Gasteiger partial charge on any atom is -0.497 e. The second-order valence-electron chi connectivity index (χ2n) is 10.1. The number of benzene rings is 3. The largest absolute Gasteiger partial charge is 0.497 e. The van der Waals surface area contributed by atoms with E-state index < -0.39 is 13.2 Å². The first-order valence-corrected chi connectivity index (χ1v) is 13.9. The van der Waals surface area contributed by atoms with Gasteiger partial charge >= 0.3 is 7.12 Å². The van der Waals surface area contributed by atoms with Gasteiger partial charge in [0.05, 0.1) is 24.9 Å². The van der Waals surface area contributed by atoms with Crippen LogP contribution in [0.4, 0.5) is 0 Å². The molecule has 10 nitrogen and oxygen atoms in total. The van der Waals surface area contributed by atoms with Crippen LogP contribution in [0.5, 0.6) is 5.75 Å². The Hall–Kier alpha value is -4.45. The van der Waals surface area contributed by atoms with Crippen LogP contribution < -0.4 is 15.5 Å². The summed E-state index contributed by atoms with van der Waals surface area (Å²) in [7, 11) is 0.0766. The van der Waals surface area contributed by atoms with Crippen LogP contribution in [0.3, 0.4) is 0 Å². The Morgan fingerprint density at radius 1 is 1.12 bits per heavy atom. The smallest absolute Gasteiger partial charge is 0.490 e. The van der Waals surface area contributed by atoms with Crippen LogP contribution in [0, 0.1) is 6.92 Å². The monoisotopic (exact) mass is 582 g/mol. The number of aryl methyl sites for hydroxylation is 1. The van der Waals surface area contributed by atoms with Crippen LogP contribution in [0.2, 0.25) is 5.02 Å². The molecule has 6 rings (SSSR count). The van der Waals surface area contributed by atoms with Crippen LogP contribution in [-0.4, -0.2) is 62.2 Å². The van der Waals surface area contributed by atoms with Crippen molar-refractivity contribution in [3.63, 3.8) is 0 Å². The zero-order valence-electron chi connectivity index (χ0n) is 23.0. The van der Waals surface area contributed by atoms with E-state index in [1.165, 1.54) is 0 Å². The highest BCUT2D eigenvalue weighted by Crippen LogP contribution is 2.34. The summed E-state index contributed by atoms with van der Waals surface area (Å²) >= 11 is 6.18. The maximum absolute atomic E-state index is 13.2. The summed E-state index contributed by atoms with van der Waals surface area (Å²) in [5, 5.41) is 32.2. The SMILES string of the molecule is COc1ccc2c(c1)C(c1ccc(Cl)cc1)=N[C@@H](CC(=O)NCCc1ccc3c(B(O)O)c[nH]c3c1)c1nnc(C)n1-2. The van der Waals surface area contributed by atoms with Gasteiger partial charge in [0.2, 0.25) is 5.91 Å². The third kappa shape index (κ3) is 5.29. The molecule has 0 fully saturated rings. The van der Waals surface area contributed by atoms with Crippen LogP contribution >= 0.6 is 11.6 Å². The van der Waals surface area contributed by atoms with Gasteiger partial charge in [0.25, 0.3) is 0 Å². The van der Waals surface area contributed by atoms with Gasteiger partial charge in [-0.05, 0) is 60.7 Å². The van der Waals surface area contributed by atoms with Gasteiger partial charge < -0.3 is 25.1 Å². The summed E-state index contributed by atoms with van der Waals surface area (Å²) in [6.07, 6.45) is 2.26. The van der Waals surface area contributed by atoms with Crippen LogP contribution in [0.25, 0.3) is 16.6 Å². The molecule has 0 spiro atoms. The number of aromatic nitrogens is 4. The Kier molecular flexibility index (Phi) is 7.55. The number of amides is 1. The van der Waals surface area contributed by atoms with Crippen molar-refractivity contribution in [3.05, 3.63) is 100 Å². The average molecular weight is 583 g/mol. The highest BCUT2D eigenvalue weighted by atomic mass is 35.5. The molecule has 0 saturated carbocycles. The Bertz CT molecular complexity index is 1810. The molecule has 0 radical (unpaired) electrons. The standard InChI is InChI=1S/C30H28BClN6O4/c1-17-36-37-30-26(15-28(39)33-12-11-18-3-9-22-24(31(40)41)16-34-25(22)13-18)35-29(19-4-6-20(32)7-5-19)23-14-21(42-2)8-10-27(23)38(17)30/h3-10,13-14,16,26,34,40-41H,11-12,15H2,1-2H3,(H,33,39)/t26-/m0/s1. The number of nitrogens with zero attached hydrogens (tertiary/aromatic N) is 4. The summed E-state index contributed by atoms with van der Waals surface area (Å²) < 4.78 is 7.47. The number of hydrogen-bond acceptors (Lipinski definition) is 7. The predicted octanol–water partition coefficient (Wildman–Crippen LogP) is 3.04. The van der Waals surface area contributed by atoms with E-state index in [-0.39, 0.29) is 12.3 Å². The summed E-state index contributed by atoms with van der Waals surface area (Å²) in [5.41, 5.74) is 5.47. The topological polar surface area (TPSA) is 138 Å². The zero-order valence-corrected chi connectivity index (χ0v) is 23.8.